The Morgan fingerprint density at radius 3 is 2.31 bits per heavy atom. The van der Waals surface area contributed by atoms with E-state index in [4.69, 9.17) is 0 Å². The topological polar surface area (TPSA) is 133 Å². The second-order valence-corrected chi connectivity index (χ2v) is 6.36. The number of nitrogens with one attached hydrogen (secondary N) is 1. The van der Waals surface area contributed by atoms with Crippen LogP contribution in [0.4, 0.5) is 11.4 Å². The zero-order valence-corrected chi connectivity index (χ0v) is 15.8. The van der Waals surface area contributed by atoms with Gasteiger partial charge < -0.3 is 10.4 Å². The fraction of sp³-hybridized carbons (Fsp3) is 0.350. The third-order valence-corrected chi connectivity index (χ3v) is 4.51. The van der Waals surface area contributed by atoms with Gasteiger partial charge in [0.2, 0.25) is 0 Å². The van der Waals surface area contributed by atoms with Gasteiger partial charge in [-0.15, -0.1) is 9.81 Å². The van der Waals surface area contributed by atoms with Crippen molar-refractivity contribution in [3.63, 3.8) is 0 Å². The van der Waals surface area contributed by atoms with Gasteiger partial charge in [-0.05, 0) is 40.9 Å². The molecule has 0 bridgehead atoms. The molecule has 0 aromatic heterocycles. The molecule has 2 atom stereocenters. The quantitative estimate of drug-likeness (QED) is 0.390. The Labute approximate surface area is 168 Å². The molecule has 0 radical (unpaired) electrons. The molecule has 2 N–H and O–H groups in total. The van der Waals surface area contributed by atoms with Crippen molar-refractivity contribution in [1.29, 1.82) is 0 Å². The normalized spacial score (nSPS) is 13.1. The summed E-state index contributed by atoms with van der Waals surface area (Å²) in [5.74, 6) is 0. The van der Waals surface area contributed by atoms with Crippen LogP contribution in [0.25, 0.3) is 0 Å². The van der Waals surface area contributed by atoms with Crippen molar-refractivity contribution in [3.05, 3.63) is 74.4 Å². The first-order valence-corrected chi connectivity index (χ1v) is 9.23. The minimum absolute atomic E-state index is 0.0612. The van der Waals surface area contributed by atoms with Gasteiger partial charge in [-0.1, -0.05) is 41.6 Å². The third-order valence-electron chi connectivity index (χ3n) is 4.51. The second-order valence-electron chi connectivity index (χ2n) is 6.36. The standard InChI is InChI=1S/C20H23N5O4/c26-12-10-20(22-14-16-6-2-4-8-18(16)25-29)19(9-11-23-27)21-13-15-5-1-3-7-17(15)24-28/h1-8,13,19-20,22,26H,9-12,14H2/b21-13+. The van der Waals surface area contributed by atoms with Crippen molar-refractivity contribution in [2.24, 2.45) is 20.5 Å². The van der Waals surface area contributed by atoms with Crippen LogP contribution in [0.2, 0.25) is 0 Å². The maximum atomic E-state index is 11.0. The molecule has 0 saturated heterocycles. The summed E-state index contributed by atoms with van der Waals surface area (Å²) in [6, 6.07) is 13.1. The zero-order valence-electron chi connectivity index (χ0n) is 15.8. The van der Waals surface area contributed by atoms with Crippen LogP contribution in [0.1, 0.15) is 24.0 Å². The van der Waals surface area contributed by atoms with Crippen molar-refractivity contribution < 1.29 is 5.11 Å². The molecule has 9 heteroatoms. The van der Waals surface area contributed by atoms with E-state index in [9.17, 15) is 19.8 Å². The Hall–Kier alpha value is -3.17. The smallest absolute Gasteiger partial charge is 0.116 e. The second kappa shape index (κ2) is 12.3. The monoisotopic (exact) mass is 397 g/mol. The summed E-state index contributed by atoms with van der Waals surface area (Å²) in [6.07, 6.45) is 2.28. The van der Waals surface area contributed by atoms with Crippen molar-refractivity contribution in [1.82, 2.24) is 5.32 Å². The predicted molar refractivity (Wildman–Crippen MR) is 113 cm³/mol. The van der Waals surface area contributed by atoms with Gasteiger partial charge in [-0.3, -0.25) is 4.99 Å². The van der Waals surface area contributed by atoms with Gasteiger partial charge in [0.1, 0.15) is 11.4 Å². The number of benzene rings is 2. The lowest BCUT2D eigenvalue weighted by atomic mass is 10.0. The lowest BCUT2D eigenvalue weighted by molar-refractivity contribution is 0.250. The Morgan fingerprint density at radius 2 is 1.62 bits per heavy atom. The lowest BCUT2D eigenvalue weighted by Crippen LogP contribution is -2.40. The number of nitrogens with zero attached hydrogens (tertiary/aromatic N) is 4. The predicted octanol–water partition coefficient (Wildman–Crippen LogP) is 3.97. The van der Waals surface area contributed by atoms with Gasteiger partial charge in [0.15, 0.2) is 0 Å². The first-order chi connectivity index (χ1) is 14.2. The van der Waals surface area contributed by atoms with Crippen molar-refractivity contribution in [2.75, 3.05) is 13.2 Å². The molecule has 2 aromatic carbocycles. The van der Waals surface area contributed by atoms with E-state index in [0.29, 0.717) is 30.6 Å². The molecule has 0 aliphatic rings. The fourth-order valence-electron chi connectivity index (χ4n) is 2.98. The van der Waals surface area contributed by atoms with Crippen molar-refractivity contribution >= 4 is 17.6 Å². The Morgan fingerprint density at radius 1 is 0.931 bits per heavy atom. The number of aliphatic hydroxyl groups excluding tert-OH is 1. The van der Waals surface area contributed by atoms with Gasteiger partial charge in [0, 0.05) is 31.0 Å². The SMILES string of the molecule is O=NCCC(/N=C/c1ccccc1N=O)C(CCO)NCc1ccccc1N=O. The minimum atomic E-state index is -0.379. The molecule has 0 amide bonds. The van der Waals surface area contributed by atoms with Gasteiger partial charge in [0.05, 0.1) is 12.6 Å². The van der Waals surface area contributed by atoms with Gasteiger partial charge in [0.25, 0.3) is 0 Å². The summed E-state index contributed by atoms with van der Waals surface area (Å²) in [4.78, 5) is 37.1. The summed E-state index contributed by atoms with van der Waals surface area (Å²) >= 11 is 0. The summed E-state index contributed by atoms with van der Waals surface area (Å²) in [5.41, 5.74) is 1.88. The molecule has 0 aliphatic heterocycles. The van der Waals surface area contributed by atoms with Crippen LogP contribution >= 0.6 is 0 Å². The first kappa shape index (κ1) is 22.1. The largest absolute Gasteiger partial charge is 0.396 e. The maximum absolute atomic E-state index is 11.0. The highest BCUT2D eigenvalue weighted by molar-refractivity contribution is 5.86. The molecule has 2 aromatic rings. The van der Waals surface area contributed by atoms with Crippen LogP contribution in [0.15, 0.2) is 69.1 Å². The van der Waals surface area contributed by atoms with Crippen LogP contribution in [0, 0.1) is 14.7 Å². The van der Waals surface area contributed by atoms with E-state index in [2.05, 4.69) is 25.8 Å². The summed E-state index contributed by atoms with van der Waals surface area (Å²) < 4.78 is 0. The van der Waals surface area contributed by atoms with E-state index in [0.717, 1.165) is 5.56 Å². The van der Waals surface area contributed by atoms with E-state index >= 15 is 0 Å². The van der Waals surface area contributed by atoms with E-state index < -0.39 is 0 Å². The van der Waals surface area contributed by atoms with E-state index in [1.54, 1.807) is 48.7 Å². The summed E-state index contributed by atoms with van der Waals surface area (Å²) in [6.45, 7) is 0.323. The van der Waals surface area contributed by atoms with Crippen LogP contribution < -0.4 is 5.32 Å². The van der Waals surface area contributed by atoms with Gasteiger partial charge in [-0.25, -0.2) is 0 Å². The van der Waals surface area contributed by atoms with Gasteiger partial charge in [-0.2, -0.15) is 4.91 Å². The van der Waals surface area contributed by atoms with Crippen LogP contribution in [0.5, 0.6) is 0 Å². The molecule has 0 aliphatic carbocycles. The Kier molecular flexibility index (Phi) is 9.40. The number of hydrogen-bond acceptors (Lipinski definition) is 9. The Balaban J connectivity index is 2.20. The molecule has 0 heterocycles. The molecule has 9 nitrogen and oxygen atoms in total. The molecular weight excluding hydrogens is 374 g/mol. The molecule has 2 unspecified atom stereocenters. The highest BCUT2D eigenvalue weighted by atomic mass is 16.3. The van der Waals surface area contributed by atoms with E-state index in [1.807, 2.05) is 6.07 Å². The Bertz CT molecular complexity index is 843. The maximum Gasteiger partial charge on any atom is 0.116 e. The highest BCUT2D eigenvalue weighted by Crippen LogP contribution is 2.20. The number of aliphatic imine (C=N–C) groups is 1. The molecule has 0 saturated carbocycles. The molecule has 0 fully saturated rings. The molecule has 0 spiro atoms. The van der Waals surface area contributed by atoms with Crippen molar-refractivity contribution in [2.45, 2.75) is 31.5 Å². The fourth-order valence-corrected chi connectivity index (χ4v) is 2.98. The minimum Gasteiger partial charge on any atom is -0.396 e. The van der Waals surface area contributed by atoms with Crippen molar-refractivity contribution in [3.8, 4) is 0 Å². The summed E-state index contributed by atoms with van der Waals surface area (Å²) in [7, 11) is 0. The number of hydrogen-bond donors (Lipinski definition) is 2. The molecule has 2 rings (SSSR count). The number of nitroso groups, excluding NO2 is 3. The molecule has 29 heavy (non-hydrogen) atoms. The average molecular weight is 397 g/mol. The van der Waals surface area contributed by atoms with Crippen LogP contribution in [-0.4, -0.2) is 36.6 Å². The zero-order chi connectivity index (χ0) is 20.9. The molecular formula is C20H23N5O4. The van der Waals surface area contributed by atoms with E-state index in [-0.39, 0.29) is 30.9 Å². The number of aliphatic hydroxyl groups is 1. The van der Waals surface area contributed by atoms with Gasteiger partial charge >= 0.3 is 0 Å². The van der Waals surface area contributed by atoms with Crippen LogP contribution in [-0.2, 0) is 6.54 Å². The third kappa shape index (κ3) is 6.74. The first-order valence-electron chi connectivity index (χ1n) is 9.23. The lowest BCUT2D eigenvalue weighted by Gasteiger charge is -2.24. The molecule has 152 valence electrons. The number of rotatable bonds is 13. The highest BCUT2D eigenvalue weighted by Gasteiger charge is 2.20. The van der Waals surface area contributed by atoms with Crippen LogP contribution in [0.3, 0.4) is 0 Å². The summed E-state index contributed by atoms with van der Waals surface area (Å²) in [5, 5.41) is 21.7. The average Bonchev–Trinajstić information content (AvgIpc) is 2.77. The van der Waals surface area contributed by atoms with E-state index in [1.165, 1.54) is 0 Å².